The first-order valence-electron chi connectivity index (χ1n) is 10.6. The molecule has 2 N–H and O–H groups in total. The number of carbonyl (C=O) groups is 2. The molecular weight excluding hydrogens is 388 g/mol. The van der Waals surface area contributed by atoms with E-state index in [1.807, 2.05) is 56.6 Å². The van der Waals surface area contributed by atoms with E-state index in [1.54, 1.807) is 24.3 Å². The predicted molar refractivity (Wildman–Crippen MR) is 122 cm³/mol. The normalized spacial score (nSPS) is 13.0. The van der Waals surface area contributed by atoms with Crippen LogP contribution >= 0.6 is 0 Å². The third kappa shape index (κ3) is 4.38. The van der Waals surface area contributed by atoms with Crippen molar-refractivity contribution in [2.24, 2.45) is 0 Å². The van der Waals surface area contributed by atoms with Gasteiger partial charge in [-0.25, -0.2) is 4.68 Å². The molecule has 0 unspecified atom stereocenters. The molecule has 0 spiro atoms. The molecule has 1 aliphatic carbocycles. The van der Waals surface area contributed by atoms with E-state index in [9.17, 15) is 9.59 Å². The van der Waals surface area contributed by atoms with Crippen molar-refractivity contribution in [3.8, 4) is 5.69 Å². The lowest BCUT2D eigenvalue weighted by Crippen LogP contribution is -2.40. The molecule has 0 fully saturated rings. The standard InChI is InChI=1S/C25H28N4O2/c1-16-12-14-17(15-13-16)29-21-11-7-9-19(21)22(28-29)24(31)26-20-10-6-5-8-18(20)23(30)27-25(2,3)4/h5-6,8,10,12-15H,7,9,11H2,1-4H3,(H,26,31)(H,27,30). The fourth-order valence-electron chi connectivity index (χ4n) is 3.90. The fraction of sp³-hybridized carbons (Fsp3) is 0.320. The lowest BCUT2D eigenvalue weighted by molar-refractivity contribution is 0.0920. The molecule has 0 atom stereocenters. The van der Waals surface area contributed by atoms with Crippen LogP contribution in [0.1, 0.15) is 64.9 Å². The Hall–Kier alpha value is -3.41. The van der Waals surface area contributed by atoms with Gasteiger partial charge in [-0.2, -0.15) is 5.10 Å². The van der Waals surface area contributed by atoms with Gasteiger partial charge in [0, 0.05) is 16.8 Å². The van der Waals surface area contributed by atoms with Crippen molar-refractivity contribution in [3.63, 3.8) is 0 Å². The van der Waals surface area contributed by atoms with Crippen molar-refractivity contribution in [1.29, 1.82) is 0 Å². The summed E-state index contributed by atoms with van der Waals surface area (Å²) in [6.45, 7) is 7.82. The van der Waals surface area contributed by atoms with Crippen LogP contribution in [0.4, 0.5) is 5.69 Å². The van der Waals surface area contributed by atoms with Crippen LogP contribution in [0.2, 0.25) is 0 Å². The Kier molecular flexibility index (Phi) is 5.39. The number of nitrogens with one attached hydrogen (secondary N) is 2. The number of amides is 2. The van der Waals surface area contributed by atoms with E-state index >= 15 is 0 Å². The number of fused-ring (bicyclic) bond motifs is 1. The van der Waals surface area contributed by atoms with E-state index in [0.717, 1.165) is 36.2 Å². The van der Waals surface area contributed by atoms with Gasteiger partial charge < -0.3 is 10.6 Å². The molecule has 0 aliphatic heterocycles. The molecule has 1 aromatic heterocycles. The number of hydrogen-bond donors (Lipinski definition) is 2. The van der Waals surface area contributed by atoms with E-state index < -0.39 is 0 Å². The van der Waals surface area contributed by atoms with Crippen LogP contribution in [0, 0.1) is 6.92 Å². The van der Waals surface area contributed by atoms with Gasteiger partial charge >= 0.3 is 0 Å². The van der Waals surface area contributed by atoms with Gasteiger partial charge in [-0.15, -0.1) is 0 Å². The summed E-state index contributed by atoms with van der Waals surface area (Å²) in [6, 6.07) is 15.2. The zero-order chi connectivity index (χ0) is 22.2. The second kappa shape index (κ2) is 8.02. The first kappa shape index (κ1) is 20.8. The van der Waals surface area contributed by atoms with Crippen LogP contribution in [0.15, 0.2) is 48.5 Å². The Morgan fingerprint density at radius 1 is 0.968 bits per heavy atom. The summed E-state index contributed by atoms with van der Waals surface area (Å²) in [6.07, 6.45) is 2.73. The molecule has 2 aromatic carbocycles. The first-order chi connectivity index (χ1) is 14.7. The number of nitrogens with zero attached hydrogens (tertiary/aromatic N) is 2. The third-order valence-corrected chi connectivity index (χ3v) is 5.33. The lowest BCUT2D eigenvalue weighted by Gasteiger charge is -2.21. The molecule has 31 heavy (non-hydrogen) atoms. The second-order valence-electron chi connectivity index (χ2n) is 9.08. The lowest BCUT2D eigenvalue weighted by atomic mass is 10.1. The summed E-state index contributed by atoms with van der Waals surface area (Å²) < 4.78 is 1.88. The van der Waals surface area contributed by atoms with Gasteiger partial charge in [-0.05, 0) is 71.2 Å². The van der Waals surface area contributed by atoms with Crippen molar-refractivity contribution in [3.05, 3.63) is 76.6 Å². The minimum atomic E-state index is -0.373. The Bertz CT molecular complexity index is 1140. The molecule has 6 heteroatoms. The van der Waals surface area contributed by atoms with Crippen LogP contribution in [0.5, 0.6) is 0 Å². The number of anilines is 1. The van der Waals surface area contributed by atoms with Gasteiger partial charge in [0.15, 0.2) is 5.69 Å². The fourth-order valence-corrected chi connectivity index (χ4v) is 3.90. The molecule has 0 bridgehead atoms. The van der Waals surface area contributed by atoms with Crippen molar-refractivity contribution in [2.75, 3.05) is 5.32 Å². The molecule has 1 aliphatic rings. The monoisotopic (exact) mass is 416 g/mol. The molecule has 0 saturated heterocycles. The highest BCUT2D eigenvalue weighted by Gasteiger charge is 2.28. The molecule has 2 amide bonds. The Labute approximate surface area is 182 Å². The maximum atomic E-state index is 13.2. The topological polar surface area (TPSA) is 76.0 Å². The Morgan fingerprint density at radius 3 is 2.39 bits per heavy atom. The number of aromatic nitrogens is 2. The van der Waals surface area contributed by atoms with Crippen LogP contribution in [-0.4, -0.2) is 27.1 Å². The highest BCUT2D eigenvalue weighted by molar-refractivity contribution is 6.09. The van der Waals surface area contributed by atoms with E-state index in [1.165, 1.54) is 5.56 Å². The second-order valence-corrected chi connectivity index (χ2v) is 9.08. The number of carbonyl (C=O) groups excluding carboxylic acids is 2. The number of hydrogen-bond acceptors (Lipinski definition) is 3. The van der Waals surface area contributed by atoms with Crippen LogP contribution in [0.25, 0.3) is 5.69 Å². The number of benzene rings is 2. The van der Waals surface area contributed by atoms with Crippen molar-refractivity contribution < 1.29 is 9.59 Å². The van der Waals surface area contributed by atoms with E-state index in [-0.39, 0.29) is 17.4 Å². The summed E-state index contributed by atoms with van der Waals surface area (Å²) in [5.41, 5.74) is 5.18. The summed E-state index contributed by atoms with van der Waals surface area (Å²) in [4.78, 5) is 25.9. The average molecular weight is 417 g/mol. The van der Waals surface area contributed by atoms with Gasteiger partial charge in [0.1, 0.15) is 0 Å². The molecule has 1 heterocycles. The summed E-state index contributed by atoms with van der Waals surface area (Å²) in [5, 5.41) is 10.5. The molecular formula is C25H28N4O2. The summed E-state index contributed by atoms with van der Waals surface area (Å²) in [7, 11) is 0. The zero-order valence-corrected chi connectivity index (χ0v) is 18.5. The van der Waals surface area contributed by atoms with Crippen LogP contribution < -0.4 is 10.6 Å². The van der Waals surface area contributed by atoms with Gasteiger partial charge in [-0.3, -0.25) is 9.59 Å². The largest absolute Gasteiger partial charge is 0.347 e. The quantitative estimate of drug-likeness (QED) is 0.660. The Morgan fingerprint density at radius 2 is 1.68 bits per heavy atom. The first-order valence-corrected chi connectivity index (χ1v) is 10.6. The van der Waals surface area contributed by atoms with Gasteiger partial charge in [0.05, 0.1) is 16.9 Å². The minimum Gasteiger partial charge on any atom is -0.347 e. The van der Waals surface area contributed by atoms with Crippen LogP contribution in [0.3, 0.4) is 0 Å². The highest BCUT2D eigenvalue weighted by Crippen LogP contribution is 2.29. The SMILES string of the molecule is Cc1ccc(-n2nc(C(=O)Nc3ccccc3C(=O)NC(C)(C)C)c3c2CCC3)cc1. The van der Waals surface area contributed by atoms with Crippen molar-refractivity contribution in [2.45, 2.75) is 52.5 Å². The van der Waals surface area contributed by atoms with E-state index in [4.69, 9.17) is 0 Å². The van der Waals surface area contributed by atoms with Gasteiger partial charge in [0.25, 0.3) is 11.8 Å². The molecule has 4 rings (SSSR count). The zero-order valence-electron chi connectivity index (χ0n) is 18.5. The molecule has 3 aromatic rings. The maximum absolute atomic E-state index is 13.2. The average Bonchev–Trinajstić information content (AvgIpc) is 3.30. The van der Waals surface area contributed by atoms with E-state index in [2.05, 4.69) is 15.7 Å². The van der Waals surface area contributed by atoms with Crippen molar-refractivity contribution >= 4 is 17.5 Å². The molecule has 0 radical (unpaired) electrons. The molecule has 6 nitrogen and oxygen atoms in total. The van der Waals surface area contributed by atoms with Gasteiger partial charge in [-0.1, -0.05) is 29.8 Å². The van der Waals surface area contributed by atoms with Crippen LogP contribution in [-0.2, 0) is 12.8 Å². The van der Waals surface area contributed by atoms with E-state index in [0.29, 0.717) is 16.9 Å². The third-order valence-electron chi connectivity index (χ3n) is 5.33. The van der Waals surface area contributed by atoms with Crippen molar-refractivity contribution in [1.82, 2.24) is 15.1 Å². The summed E-state index contributed by atoms with van der Waals surface area (Å²) in [5.74, 6) is -0.515. The predicted octanol–water partition coefficient (Wildman–Crippen LogP) is 4.45. The highest BCUT2D eigenvalue weighted by atomic mass is 16.2. The maximum Gasteiger partial charge on any atom is 0.276 e. The Balaban J connectivity index is 1.64. The smallest absolute Gasteiger partial charge is 0.276 e. The number of aryl methyl sites for hydroxylation is 1. The number of rotatable bonds is 4. The van der Waals surface area contributed by atoms with Gasteiger partial charge in [0.2, 0.25) is 0 Å². The number of para-hydroxylation sites is 1. The molecule has 0 saturated carbocycles. The molecule has 160 valence electrons. The minimum absolute atomic E-state index is 0.223. The summed E-state index contributed by atoms with van der Waals surface area (Å²) >= 11 is 0.